The number of nitrogens with zero attached hydrogens (tertiary/aromatic N) is 5. The van der Waals surface area contributed by atoms with E-state index in [0.29, 0.717) is 5.15 Å². The number of aromatic nitrogens is 5. The van der Waals surface area contributed by atoms with E-state index in [1.54, 1.807) is 12.4 Å². The fraction of sp³-hybridized carbons (Fsp3) is 0.231. The second-order valence-corrected chi connectivity index (χ2v) is 5.19. The number of halogens is 1. The van der Waals surface area contributed by atoms with Crippen LogP contribution in [0, 0.1) is 0 Å². The minimum absolute atomic E-state index is 0.380. The molecule has 3 rings (SSSR count). The zero-order valence-corrected chi connectivity index (χ0v) is 11.3. The molecule has 0 N–H and O–H groups in total. The molecule has 0 radical (unpaired) electrons. The fourth-order valence-electron chi connectivity index (χ4n) is 2.02. The molecular weight excluding hydrogens is 262 g/mol. The predicted molar refractivity (Wildman–Crippen MR) is 72.2 cm³/mol. The van der Waals surface area contributed by atoms with Crippen molar-refractivity contribution in [3.05, 3.63) is 53.5 Å². The SMILES string of the molecule is CC(C)(c1cnc(Cl)cn1)c1nnc2ccccn12. The molecule has 0 aliphatic heterocycles. The molecule has 0 fully saturated rings. The van der Waals surface area contributed by atoms with Gasteiger partial charge in [-0.1, -0.05) is 17.7 Å². The van der Waals surface area contributed by atoms with E-state index in [0.717, 1.165) is 17.2 Å². The Morgan fingerprint density at radius 1 is 1.11 bits per heavy atom. The largest absolute Gasteiger partial charge is 0.286 e. The fourth-order valence-corrected chi connectivity index (χ4v) is 2.11. The molecule has 3 heterocycles. The summed E-state index contributed by atoms with van der Waals surface area (Å²) in [7, 11) is 0. The molecular formula is C13H12ClN5. The van der Waals surface area contributed by atoms with Gasteiger partial charge in [-0.25, -0.2) is 4.98 Å². The second-order valence-electron chi connectivity index (χ2n) is 4.80. The Hall–Kier alpha value is -2.01. The van der Waals surface area contributed by atoms with Gasteiger partial charge in [-0.3, -0.25) is 9.38 Å². The Kier molecular flexibility index (Phi) is 2.71. The van der Waals surface area contributed by atoms with Gasteiger partial charge in [0.2, 0.25) is 0 Å². The number of hydrogen-bond acceptors (Lipinski definition) is 4. The number of rotatable bonds is 2. The van der Waals surface area contributed by atoms with Crippen molar-refractivity contribution in [3.63, 3.8) is 0 Å². The number of pyridine rings is 1. The van der Waals surface area contributed by atoms with Crippen LogP contribution in [0.15, 0.2) is 36.8 Å². The molecule has 5 nitrogen and oxygen atoms in total. The Balaban J connectivity index is 2.16. The first kappa shape index (κ1) is 12.0. The van der Waals surface area contributed by atoms with Crippen LogP contribution in [-0.4, -0.2) is 24.6 Å². The Bertz CT molecular complexity index is 717. The highest BCUT2D eigenvalue weighted by atomic mass is 35.5. The second kappa shape index (κ2) is 4.28. The van der Waals surface area contributed by atoms with Crippen molar-refractivity contribution < 1.29 is 0 Å². The maximum absolute atomic E-state index is 5.77. The summed E-state index contributed by atoms with van der Waals surface area (Å²) < 4.78 is 1.95. The molecule has 0 aliphatic carbocycles. The number of fused-ring (bicyclic) bond motifs is 1. The van der Waals surface area contributed by atoms with Gasteiger partial charge in [-0.05, 0) is 26.0 Å². The lowest BCUT2D eigenvalue weighted by molar-refractivity contribution is 0.561. The highest BCUT2D eigenvalue weighted by molar-refractivity contribution is 6.29. The van der Waals surface area contributed by atoms with Crippen molar-refractivity contribution in [2.24, 2.45) is 0 Å². The van der Waals surface area contributed by atoms with Crippen LogP contribution in [0.2, 0.25) is 5.15 Å². The molecule has 0 atom stereocenters. The van der Waals surface area contributed by atoms with Crippen molar-refractivity contribution in [3.8, 4) is 0 Å². The molecule has 3 aromatic heterocycles. The highest BCUT2D eigenvalue weighted by Crippen LogP contribution is 2.28. The minimum atomic E-state index is -0.404. The maximum Gasteiger partial charge on any atom is 0.160 e. The van der Waals surface area contributed by atoms with E-state index < -0.39 is 5.41 Å². The summed E-state index contributed by atoms with van der Waals surface area (Å²) in [5.41, 5.74) is 1.21. The summed E-state index contributed by atoms with van der Waals surface area (Å²) >= 11 is 5.77. The third-order valence-corrected chi connectivity index (χ3v) is 3.33. The lowest BCUT2D eigenvalue weighted by Gasteiger charge is -2.21. The lowest BCUT2D eigenvalue weighted by Crippen LogP contribution is -2.24. The van der Waals surface area contributed by atoms with Crippen molar-refractivity contribution in [2.75, 3.05) is 0 Å². The molecule has 0 saturated carbocycles. The molecule has 6 heteroatoms. The first-order valence-electron chi connectivity index (χ1n) is 5.87. The summed E-state index contributed by atoms with van der Waals surface area (Å²) in [6, 6.07) is 5.80. The maximum atomic E-state index is 5.77. The van der Waals surface area contributed by atoms with Crippen molar-refractivity contribution in [1.29, 1.82) is 0 Å². The van der Waals surface area contributed by atoms with Gasteiger partial charge in [0.15, 0.2) is 5.65 Å². The van der Waals surface area contributed by atoms with Gasteiger partial charge in [0, 0.05) is 6.20 Å². The van der Waals surface area contributed by atoms with Gasteiger partial charge in [-0.15, -0.1) is 10.2 Å². The summed E-state index contributed by atoms with van der Waals surface area (Å²) in [6.07, 6.45) is 5.16. The summed E-state index contributed by atoms with van der Waals surface area (Å²) in [5.74, 6) is 0.819. The molecule has 19 heavy (non-hydrogen) atoms. The van der Waals surface area contributed by atoms with Crippen LogP contribution in [0.1, 0.15) is 25.4 Å². The molecule has 3 aromatic rings. The lowest BCUT2D eigenvalue weighted by atomic mass is 9.88. The third-order valence-electron chi connectivity index (χ3n) is 3.13. The molecule has 0 saturated heterocycles. The quantitative estimate of drug-likeness (QED) is 0.720. The Morgan fingerprint density at radius 2 is 1.95 bits per heavy atom. The number of hydrogen-bond donors (Lipinski definition) is 0. The summed E-state index contributed by atoms with van der Waals surface area (Å²) in [4.78, 5) is 8.42. The first-order valence-corrected chi connectivity index (χ1v) is 6.25. The standard InChI is InChI=1S/C13H12ClN5/c1-13(2,9-7-16-10(14)8-15-9)12-18-17-11-5-3-4-6-19(11)12/h3-8H,1-2H3. The highest BCUT2D eigenvalue weighted by Gasteiger charge is 2.30. The van der Waals surface area contributed by atoms with Crippen LogP contribution >= 0.6 is 11.6 Å². The monoisotopic (exact) mass is 273 g/mol. The summed E-state index contributed by atoms with van der Waals surface area (Å²) in [6.45, 7) is 4.07. The van der Waals surface area contributed by atoms with E-state index in [4.69, 9.17) is 11.6 Å². The van der Waals surface area contributed by atoms with Crippen LogP contribution in [0.3, 0.4) is 0 Å². The topological polar surface area (TPSA) is 56.0 Å². The Morgan fingerprint density at radius 3 is 2.68 bits per heavy atom. The van der Waals surface area contributed by atoms with Gasteiger partial charge >= 0.3 is 0 Å². The van der Waals surface area contributed by atoms with E-state index in [1.165, 1.54) is 0 Å². The Labute approximate surface area is 115 Å². The van der Waals surface area contributed by atoms with Crippen LogP contribution in [0.4, 0.5) is 0 Å². The molecule has 0 amide bonds. The predicted octanol–water partition coefficient (Wildman–Crippen LogP) is 2.50. The van der Waals surface area contributed by atoms with Gasteiger partial charge < -0.3 is 0 Å². The van der Waals surface area contributed by atoms with Crippen molar-refractivity contribution in [2.45, 2.75) is 19.3 Å². The average molecular weight is 274 g/mol. The third kappa shape index (κ3) is 1.96. The molecule has 0 unspecified atom stereocenters. The van der Waals surface area contributed by atoms with E-state index >= 15 is 0 Å². The molecule has 96 valence electrons. The zero-order valence-electron chi connectivity index (χ0n) is 10.6. The molecule has 0 aliphatic rings. The van der Waals surface area contributed by atoms with Gasteiger partial charge in [0.05, 0.1) is 23.5 Å². The van der Waals surface area contributed by atoms with Crippen LogP contribution in [0.5, 0.6) is 0 Å². The zero-order chi connectivity index (χ0) is 13.5. The van der Waals surface area contributed by atoms with Crippen LogP contribution in [-0.2, 0) is 5.41 Å². The minimum Gasteiger partial charge on any atom is -0.286 e. The molecule has 0 aromatic carbocycles. The van der Waals surface area contributed by atoms with Crippen LogP contribution in [0.25, 0.3) is 5.65 Å². The van der Waals surface area contributed by atoms with Crippen molar-refractivity contribution >= 4 is 17.2 Å². The molecule has 0 bridgehead atoms. The first-order chi connectivity index (χ1) is 9.09. The van der Waals surface area contributed by atoms with E-state index in [9.17, 15) is 0 Å². The van der Waals surface area contributed by atoms with E-state index in [1.807, 2.05) is 42.6 Å². The van der Waals surface area contributed by atoms with Gasteiger partial charge in [0.25, 0.3) is 0 Å². The normalized spacial score (nSPS) is 11.9. The summed E-state index contributed by atoms with van der Waals surface area (Å²) in [5, 5.41) is 8.82. The van der Waals surface area contributed by atoms with E-state index in [2.05, 4.69) is 20.2 Å². The van der Waals surface area contributed by atoms with E-state index in [-0.39, 0.29) is 0 Å². The average Bonchev–Trinajstić information content (AvgIpc) is 2.83. The van der Waals surface area contributed by atoms with Crippen LogP contribution < -0.4 is 0 Å². The molecule has 0 spiro atoms. The van der Waals surface area contributed by atoms with Crippen molar-refractivity contribution in [1.82, 2.24) is 24.6 Å². The van der Waals surface area contributed by atoms with Gasteiger partial charge in [0.1, 0.15) is 11.0 Å². The van der Waals surface area contributed by atoms with Gasteiger partial charge in [-0.2, -0.15) is 0 Å². The smallest absolute Gasteiger partial charge is 0.160 e.